The van der Waals surface area contributed by atoms with Crippen molar-refractivity contribution in [3.05, 3.63) is 74.2 Å². The number of esters is 2. The van der Waals surface area contributed by atoms with E-state index in [4.69, 9.17) is 9.47 Å². The van der Waals surface area contributed by atoms with Gasteiger partial charge in [-0.05, 0) is 75.1 Å². The predicted molar refractivity (Wildman–Crippen MR) is 118 cm³/mol. The second kappa shape index (κ2) is 8.51. The Morgan fingerprint density at radius 1 is 1.03 bits per heavy atom. The van der Waals surface area contributed by atoms with Crippen LogP contribution in [0.15, 0.2) is 36.4 Å². The highest BCUT2D eigenvalue weighted by molar-refractivity contribution is 7.14. The number of benzene rings is 1. The first-order valence-electron chi connectivity index (χ1n) is 10.1. The molecule has 0 atom stereocenters. The van der Waals surface area contributed by atoms with Crippen molar-refractivity contribution in [3.8, 4) is 5.69 Å². The Morgan fingerprint density at radius 2 is 1.77 bits per heavy atom. The van der Waals surface area contributed by atoms with Gasteiger partial charge in [-0.3, -0.25) is 4.79 Å². The minimum atomic E-state index is -0.444. The number of rotatable bonds is 6. The van der Waals surface area contributed by atoms with E-state index in [2.05, 4.69) is 0 Å². The van der Waals surface area contributed by atoms with E-state index in [0.717, 1.165) is 36.3 Å². The maximum absolute atomic E-state index is 12.8. The van der Waals surface area contributed by atoms with Gasteiger partial charge in [0.2, 0.25) is 5.78 Å². The molecule has 0 saturated heterocycles. The number of carbonyl (C=O) groups is 3. The van der Waals surface area contributed by atoms with Gasteiger partial charge in [0.05, 0.1) is 12.7 Å². The van der Waals surface area contributed by atoms with Gasteiger partial charge >= 0.3 is 11.9 Å². The summed E-state index contributed by atoms with van der Waals surface area (Å²) in [5.74, 6) is -1.09. The molecule has 0 unspecified atom stereocenters. The second-order valence-corrected chi connectivity index (χ2v) is 8.71. The smallest absolute Gasteiger partial charge is 0.348 e. The third kappa shape index (κ3) is 4.05. The van der Waals surface area contributed by atoms with Crippen molar-refractivity contribution in [2.24, 2.45) is 0 Å². The number of carbonyl (C=O) groups excluding carboxylic acids is 3. The lowest BCUT2D eigenvalue weighted by Gasteiger charge is -2.10. The molecular formula is C24H23NO5S. The van der Waals surface area contributed by atoms with Gasteiger partial charge in [-0.25, -0.2) is 9.59 Å². The Labute approximate surface area is 184 Å². The predicted octanol–water partition coefficient (Wildman–Crippen LogP) is 4.47. The summed E-state index contributed by atoms with van der Waals surface area (Å²) in [6, 6.07) is 10.7. The van der Waals surface area contributed by atoms with E-state index in [1.54, 1.807) is 30.3 Å². The first kappa shape index (κ1) is 21.1. The summed E-state index contributed by atoms with van der Waals surface area (Å²) in [6.07, 6.45) is 3.15. The molecule has 0 bridgehead atoms. The van der Waals surface area contributed by atoms with Crippen LogP contribution in [0.1, 0.15) is 58.6 Å². The number of nitrogens with zero attached hydrogens (tertiary/aromatic N) is 1. The van der Waals surface area contributed by atoms with Gasteiger partial charge in [-0.1, -0.05) is 0 Å². The molecule has 0 fully saturated rings. The summed E-state index contributed by atoms with van der Waals surface area (Å²) in [7, 11) is 1.34. The van der Waals surface area contributed by atoms with Crippen molar-refractivity contribution in [3.63, 3.8) is 0 Å². The number of hydrogen-bond donors (Lipinski definition) is 0. The molecule has 1 aromatic carbocycles. The summed E-state index contributed by atoms with van der Waals surface area (Å²) < 4.78 is 12.0. The van der Waals surface area contributed by atoms with Crippen molar-refractivity contribution in [1.29, 1.82) is 0 Å². The zero-order chi connectivity index (χ0) is 22.1. The molecule has 1 aliphatic carbocycles. The van der Waals surface area contributed by atoms with Gasteiger partial charge in [-0.2, -0.15) is 0 Å². The molecule has 0 aliphatic heterocycles. The number of aromatic nitrogens is 1. The molecule has 4 rings (SSSR count). The molecular weight excluding hydrogens is 414 g/mol. The van der Waals surface area contributed by atoms with Crippen LogP contribution in [0, 0.1) is 13.8 Å². The highest BCUT2D eigenvalue weighted by Gasteiger charge is 2.22. The molecule has 2 aromatic heterocycles. The number of fused-ring (bicyclic) bond motifs is 1. The molecule has 0 saturated carbocycles. The van der Waals surface area contributed by atoms with Crippen molar-refractivity contribution < 1.29 is 23.9 Å². The van der Waals surface area contributed by atoms with Crippen LogP contribution in [0.2, 0.25) is 0 Å². The minimum absolute atomic E-state index is 0.247. The topological polar surface area (TPSA) is 74.6 Å². The number of ketones is 1. The highest BCUT2D eigenvalue weighted by atomic mass is 32.1. The molecule has 31 heavy (non-hydrogen) atoms. The molecule has 160 valence electrons. The van der Waals surface area contributed by atoms with Crippen LogP contribution >= 0.6 is 11.3 Å². The number of ether oxygens (including phenoxy) is 2. The molecule has 7 heteroatoms. The lowest BCUT2D eigenvalue weighted by Crippen LogP contribution is -2.14. The molecule has 0 amide bonds. The van der Waals surface area contributed by atoms with Gasteiger partial charge in [0.25, 0.3) is 0 Å². The highest BCUT2D eigenvalue weighted by Crippen LogP contribution is 2.31. The number of methoxy groups -OCH3 is 1. The first-order chi connectivity index (χ1) is 14.9. The Hall–Kier alpha value is -3.19. The molecule has 6 nitrogen and oxygen atoms in total. The van der Waals surface area contributed by atoms with Gasteiger partial charge in [-0.15, -0.1) is 11.3 Å². The van der Waals surface area contributed by atoms with E-state index in [9.17, 15) is 14.4 Å². The van der Waals surface area contributed by atoms with Gasteiger partial charge in [0, 0.05) is 27.5 Å². The molecule has 2 heterocycles. The van der Waals surface area contributed by atoms with Crippen LogP contribution in [-0.4, -0.2) is 36.0 Å². The SMILES string of the molecule is COC(=O)c1ccc(-n2c(C)cc(C(=O)COC(=O)c3cc4c(s3)CCC4)c2C)cc1. The fraction of sp³-hybridized carbons (Fsp3) is 0.292. The van der Waals surface area contributed by atoms with E-state index < -0.39 is 11.9 Å². The van der Waals surface area contributed by atoms with E-state index in [1.165, 1.54) is 28.9 Å². The summed E-state index contributed by atoms with van der Waals surface area (Å²) >= 11 is 1.47. The van der Waals surface area contributed by atoms with E-state index in [-0.39, 0.29) is 12.4 Å². The molecule has 3 aromatic rings. The maximum Gasteiger partial charge on any atom is 0.348 e. The lowest BCUT2D eigenvalue weighted by molar-refractivity contribution is 0.0479. The Kier molecular flexibility index (Phi) is 5.78. The lowest BCUT2D eigenvalue weighted by atomic mass is 10.1. The monoisotopic (exact) mass is 437 g/mol. The zero-order valence-corrected chi connectivity index (χ0v) is 18.5. The van der Waals surface area contributed by atoms with Crippen molar-refractivity contribution >= 4 is 29.1 Å². The second-order valence-electron chi connectivity index (χ2n) is 7.57. The number of hydrogen-bond acceptors (Lipinski definition) is 6. The van der Waals surface area contributed by atoms with Crippen LogP contribution in [0.4, 0.5) is 0 Å². The summed E-state index contributed by atoms with van der Waals surface area (Å²) in [6.45, 7) is 3.45. The molecule has 0 spiro atoms. The average molecular weight is 438 g/mol. The summed E-state index contributed by atoms with van der Waals surface area (Å²) in [5.41, 5.74) is 4.64. The Bertz CT molecular complexity index is 1150. The van der Waals surface area contributed by atoms with Gasteiger partial charge in [0.1, 0.15) is 4.88 Å². The van der Waals surface area contributed by atoms with Crippen molar-refractivity contribution in [2.75, 3.05) is 13.7 Å². The van der Waals surface area contributed by atoms with Crippen LogP contribution in [0.5, 0.6) is 0 Å². The molecule has 0 radical (unpaired) electrons. The fourth-order valence-corrected chi connectivity index (χ4v) is 5.16. The minimum Gasteiger partial charge on any atom is -0.465 e. The van der Waals surface area contributed by atoms with Gasteiger partial charge in [0.15, 0.2) is 6.61 Å². The van der Waals surface area contributed by atoms with Crippen LogP contribution in [0.3, 0.4) is 0 Å². The molecule has 0 N–H and O–H groups in total. The van der Waals surface area contributed by atoms with Crippen molar-refractivity contribution in [2.45, 2.75) is 33.1 Å². The van der Waals surface area contributed by atoms with E-state index >= 15 is 0 Å². The van der Waals surface area contributed by atoms with Crippen molar-refractivity contribution in [1.82, 2.24) is 4.57 Å². The average Bonchev–Trinajstić information content (AvgIpc) is 3.45. The third-order valence-corrected chi connectivity index (χ3v) is 6.78. The van der Waals surface area contributed by atoms with E-state index in [0.29, 0.717) is 16.0 Å². The van der Waals surface area contributed by atoms with E-state index in [1.807, 2.05) is 24.5 Å². The zero-order valence-electron chi connectivity index (χ0n) is 17.7. The number of Topliss-reactive ketones (excluding diaryl/α,β-unsaturated/α-hetero) is 1. The summed E-state index contributed by atoms with van der Waals surface area (Å²) in [5, 5.41) is 0. The Balaban J connectivity index is 1.47. The fourth-order valence-electron chi connectivity index (χ4n) is 4.02. The Morgan fingerprint density at radius 3 is 2.45 bits per heavy atom. The van der Waals surface area contributed by atoms with Crippen LogP contribution < -0.4 is 0 Å². The first-order valence-corrected chi connectivity index (χ1v) is 10.9. The van der Waals surface area contributed by atoms with Crippen LogP contribution in [0.25, 0.3) is 5.69 Å². The third-order valence-electron chi connectivity index (χ3n) is 5.56. The standard InChI is InChI=1S/C24H23NO5S/c1-14-11-19(15(2)25(14)18-9-7-16(8-10-18)23(27)29-3)20(26)13-30-24(28)22-12-17-5-4-6-21(17)31-22/h7-12H,4-6,13H2,1-3H3. The quantitative estimate of drug-likeness (QED) is 0.420. The number of thiophene rings is 1. The largest absolute Gasteiger partial charge is 0.465 e. The normalized spacial score (nSPS) is 12.5. The molecule has 1 aliphatic rings. The van der Waals surface area contributed by atoms with Crippen LogP contribution in [-0.2, 0) is 22.3 Å². The van der Waals surface area contributed by atoms with Gasteiger partial charge < -0.3 is 14.0 Å². The summed E-state index contributed by atoms with van der Waals surface area (Å²) in [4.78, 5) is 38.6. The number of aryl methyl sites for hydroxylation is 3. The maximum atomic E-state index is 12.8.